The van der Waals surface area contributed by atoms with Crippen LogP contribution in [0.2, 0.25) is 0 Å². The predicted octanol–water partition coefficient (Wildman–Crippen LogP) is 2.31. The molecule has 0 bridgehead atoms. The van der Waals surface area contributed by atoms with Crippen molar-refractivity contribution >= 4 is 17.7 Å². The van der Waals surface area contributed by atoms with E-state index in [2.05, 4.69) is 20.8 Å². The molecule has 4 rings (SSSR count). The number of ether oxygens (including phenoxy) is 2. The fourth-order valence-electron chi connectivity index (χ4n) is 3.24. The van der Waals surface area contributed by atoms with Crippen LogP contribution in [0.4, 0.5) is 0 Å². The molecule has 9 heteroatoms. The molecule has 1 fully saturated rings. The molecular formula is C17H21N5O3S. The van der Waals surface area contributed by atoms with Crippen molar-refractivity contribution in [1.29, 1.82) is 0 Å². The average molecular weight is 375 g/mol. The highest BCUT2D eigenvalue weighted by Crippen LogP contribution is 2.33. The third-order valence-corrected chi connectivity index (χ3v) is 5.74. The van der Waals surface area contributed by atoms with Crippen LogP contribution in [0.15, 0.2) is 23.4 Å². The van der Waals surface area contributed by atoms with Crippen molar-refractivity contribution in [2.24, 2.45) is 0 Å². The molecule has 2 heterocycles. The first kappa shape index (κ1) is 17.1. The standard InChI is InChI=1S/C17H21N5O3S/c1-11(26-17-19-20-21-22(17)13-4-2-3-5-13)16(23)18-9-12-6-7-14-15(8-12)25-10-24-14/h6-8,11,13H,2-5,9-10H2,1H3,(H,18,23). The zero-order valence-electron chi connectivity index (χ0n) is 14.6. The highest BCUT2D eigenvalue weighted by Gasteiger charge is 2.24. The van der Waals surface area contributed by atoms with Crippen LogP contribution >= 0.6 is 11.8 Å². The van der Waals surface area contributed by atoms with E-state index in [0.29, 0.717) is 17.7 Å². The summed E-state index contributed by atoms with van der Waals surface area (Å²) >= 11 is 1.40. The third kappa shape index (κ3) is 3.62. The van der Waals surface area contributed by atoms with Gasteiger partial charge in [-0.15, -0.1) is 5.10 Å². The number of carbonyl (C=O) groups excluding carboxylic acids is 1. The minimum absolute atomic E-state index is 0.0476. The zero-order chi connectivity index (χ0) is 17.9. The van der Waals surface area contributed by atoms with Gasteiger partial charge in [-0.05, 0) is 47.9 Å². The van der Waals surface area contributed by atoms with Crippen molar-refractivity contribution in [3.63, 3.8) is 0 Å². The Bertz CT molecular complexity index is 790. The molecule has 2 aliphatic rings. The van der Waals surface area contributed by atoms with E-state index in [-0.39, 0.29) is 18.0 Å². The average Bonchev–Trinajstić information content (AvgIpc) is 3.39. The third-order valence-electron chi connectivity index (χ3n) is 4.69. The lowest BCUT2D eigenvalue weighted by Crippen LogP contribution is -2.30. The first-order valence-electron chi connectivity index (χ1n) is 8.81. The summed E-state index contributed by atoms with van der Waals surface area (Å²) in [5.41, 5.74) is 0.968. The summed E-state index contributed by atoms with van der Waals surface area (Å²) in [6.45, 7) is 2.55. The Kier molecular flexibility index (Phi) is 4.96. The molecule has 0 spiro atoms. The molecule has 1 atom stereocenters. The number of benzene rings is 1. The fourth-order valence-corrected chi connectivity index (χ4v) is 4.12. The van der Waals surface area contributed by atoms with E-state index in [1.807, 2.05) is 29.8 Å². The highest BCUT2D eigenvalue weighted by atomic mass is 32.2. The van der Waals surface area contributed by atoms with Crippen molar-refractivity contribution in [2.45, 2.75) is 55.6 Å². The zero-order valence-corrected chi connectivity index (χ0v) is 15.4. The van der Waals surface area contributed by atoms with Crippen molar-refractivity contribution < 1.29 is 14.3 Å². The second-order valence-corrected chi connectivity index (χ2v) is 7.82. The quantitative estimate of drug-likeness (QED) is 0.775. The maximum atomic E-state index is 12.4. The number of nitrogens with zero attached hydrogens (tertiary/aromatic N) is 4. The lowest BCUT2D eigenvalue weighted by Gasteiger charge is -2.14. The molecule has 0 saturated heterocycles. The summed E-state index contributed by atoms with van der Waals surface area (Å²) in [6, 6.07) is 6.03. The number of rotatable bonds is 6. The van der Waals surface area contributed by atoms with Crippen molar-refractivity contribution in [3.05, 3.63) is 23.8 Å². The number of amides is 1. The summed E-state index contributed by atoms with van der Waals surface area (Å²) in [5, 5.41) is 15.4. The molecule has 1 aliphatic carbocycles. The molecule has 1 unspecified atom stereocenters. The van der Waals surface area contributed by atoms with Gasteiger partial charge in [-0.2, -0.15) is 0 Å². The van der Waals surface area contributed by atoms with E-state index >= 15 is 0 Å². The Labute approximate surface area is 155 Å². The van der Waals surface area contributed by atoms with Gasteiger partial charge in [-0.25, -0.2) is 4.68 Å². The van der Waals surface area contributed by atoms with Gasteiger partial charge in [0.05, 0.1) is 11.3 Å². The summed E-state index contributed by atoms with van der Waals surface area (Å²) in [5.74, 6) is 1.41. The Morgan fingerprint density at radius 2 is 2.15 bits per heavy atom. The number of thioether (sulfide) groups is 1. The van der Waals surface area contributed by atoms with Crippen LogP contribution in [-0.4, -0.2) is 38.2 Å². The molecule has 0 radical (unpaired) electrons. The summed E-state index contributed by atoms with van der Waals surface area (Å²) in [4.78, 5) is 12.4. The molecule has 1 aromatic carbocycles. The Morgan fingerprint density at radius 3 is 3.00 bits per heavy atom. The van der Waals surface area contributed by atoms with Crippen molar-refractivity contribution in [3.8, 4) is 11.5 Å². The van der Waals surface area contributed by atoms with Gasteiger partial charge in [0.1, 0.15) is 0 Å². The Hall–Kier alpha value is -2.29. The fraction of sp³-hybridized carbons (Fsp3) is 0.529. The normalized spacial score (nSPS) is 17.4. The van der Waals surface area contributed by atoms with Gasteiger partial charge >= 0.3 is 0 Å². The molecule has 26 heavy (non-hydrogen) atoms. The number of hydrogen-bond acceptors (Lipinski definition) is 7. The van der Waals surface area contributed by atoms with Crippen LogP contribution in [-0.2, 0) is 11.3 Å². The SMILES string of the molecule is CC(Sc1nnnn1C1CCCC1)C(=O)NCc1ccc2c(c1)OCO2. The summed E-state index contributed by atoms with van der Waals surface area (Å²) in [7, 11) is 0. The van der Waals surface area contributed by atoms with Crippen LogP contribution in [0.1, 0.15) is 44.2 Å². The highest BCUT2D eigenvalue weighted by molar-refractivity contribution is 8.00. The van der Waals surface area contributed by atoms with Crippen molar-refractivity contribution in [2.75, 3.05) is 6.79 Å². The van der Waals surface area contributed by atoms with Gasteiger partial charge < -0.3 is 14.8 Å². The minimum atomic E-state index is -0.282. The van der Waals surface area contributed by atoms with Crippen LogP contribution in [0.25, 0.3) is 0 Å². The minimum Gasteiger partial charge on any atom is -0.454 e. The monoisotopic (exact) mass is 375 g/mol. The second kappa shape index (κ2) is 7.53. The first-order valence-corrected chi connectivity index (χ1v) is 9.69. The van der Waals surface area contributed by atoms with Crippen LogP contribution in [0.3, 0.4) is 0 Å². The molecule has 1 saturated carbocycles. The molecule has 1 aliphatic heterocycles. The lowest BCUT2D eigenvalue weighted by molar-refractivity contribution is -0.120. The van der Waals surface area contributed by atoms with E-state index in [1.165, 1.54) is 24.6 Å². The number of nitrogens with one attached hydrogen (secondary N) is 1. The van der Waals surface area contributed by atoms with Crippen LogP contribution in [0.5, 0.6) is 11.5 Å². The van der Waals surface area contributed by atoms with Crippen molar-refractivity contribution in [1.82, 2.24) is 25.5 Å². The largest absolute Gasteiger partial charge is 0.454 e. The van der Waals surface area contributed by atoms with E-state index in [0.717, 1.165) is 29.9 Å². The number of tetrazole rings is 1. The molecule has 2 aromatic rings. The van der Waals surface area contributed by atoms with E-state index in [9.17, 15) is 4.79 Å². The predicted molar refractivity (Wildman–Crippen MR) is 95.1 cm³/mol. The van der Waals surface area contributed by atoms with Gasteiger partial charge in [0.2, 0.25) is 17.9 Å². The maximum absolute atomic E-state index is 12.4. The molecule has 1 amide bonds. The molecule has 1 aromatic heterocycles. The summed E-state index contributed by atoms with van der Waals surface area (Å²) in [6.07, 6.45) is 4.62. The Morgan fingerprint density at radius 1 is 1.35 bits per heavy atom. The topological polar surface area (TPSA) is 91.2 Å². The van der Waals surface area contributed by atoms with Gasteiger partial charge in [-0.3, -0.25) is 4.79 Å². The Balaban J connectivity index is 1.33. The van der Waals surface area contributed by atoms with Gasteiger partial charge in [0.25, 0.3) is 0 Å². The number of carbonyl (C=O) groups is 1. The first-order chi connectivity index (χ1) is 12.7. The van der Waals surface area contributed by atoms with Gasteiger partial charge in [0.15, 0.2) is 11.5 Å². The molecule has 138 valence electrons. The number of fused-ring (bicyclic) bond motifs is 1. The van der Waals surface area contributed by atoms with Crippen LogP contribution < -0.4 is 14.8 Å². The van der Waals surface area contributed by atoms with E-state index in [4.69, 9.17) is 9.47 Å². The smallest absolute Gasteiger partial charge is 0.233 e. The van der Waals surface area contributed by atoms with Gasteiger partial charge in [0, 0.05) is 6.54 Å². The molecular weight excluding hydrogens is 354 g/mol. The summed E-state index contributed by atoms with van der Waals surface area (Å²) < 4.78 is 12.5. The maximum Gasteiger partial charge on any atom is 0.233 e. The second-order valence-electron chi connectivity index (χ2n) is 6.51. The number of hydrogen-bond donors (Lipinski definition) is 1. The lowest BCUT2D eigenvalue weighted by atomic mass is 10.2. The van der Waals surface area contributed by atoms with E-state index < -0.39 is 0 Å². The molecule has 1 N–H and O–H groups in total. The van der Waals surface area contributed by atoms with Gasteiger partial charge in [-0.1, -0.05) is 30.7 Å². The molecule has 8 nitrogen and oxygen atoms in total. The van der Waals surface area contributed by atoms with Crippen LogP contribution in [0, 0.1) is 0 Å². The van der Waals surface area contributed by atoms with E-state index in [1.54, 1.807) is 0 Å². The number of aromatic nitrogens is 4.